The predicted octanol–water partition coefficient (Wildman–Crippen LogP) is 5.46. The zero-order valence-electron chi connectivity index (χ0n) is 19.2. The number of rotatable bonds is 5. The van der Waals surface area contributed by atoms with Crippen LogP contribution in [0.25, 0.3) is 11.0 Å². The Morgan fingerprint density at radius 2 is 1.68 bits per heavy atom. The highest BCUT2D eigenvalue weighted by atomic mass is 16.5. The molecule has 1 aromatic heterocycles. The minimum absolute atomic E-state index is 0.345. The van der Waals surface area contributed by atoms with Crippen LogP contribution >= 0.6 is 0 Å². The fourth-order valence-electron chi connectivity index (χ4n) is 4.40. The highest BCUT2D eigenvalue weighted by molar-refractivity contribution is 5.97. The molecule has 4 aromatic rings. The summed E-state index contributed by atoms with van der Waals surface area (Å²) < 4.78 is 17.0. The van der Waals surface area contributed by atoms with Crippen molar-refractivity contribution < 1.29 is 18.7 Å². The molecule has 2 heterocycles. The number of hydrogen-bond donors (Lipinski definition) is 1. The molecule has 0 aliphatic carbocycles. The van der Waals surface area contributed by atoms with Gasteiger partial charge in [-0.15, -0.1) is 0 Å². The van der Waals surface area contributed by atoms with Crippen LogP contribution in [0, 0.1) is 0 Å². The quantitative estimate of drug-likeness (QED) is 0.405. The van der Waals surface area contributed by atoms with Crippen molar-refractivity contribution in [3.8, 4) is 11.5 Å². The van der Waals surface area contributed by atoms with Crippen LogP contribution in [0.2, 0.25) is 0 Å². The Bertz CT molecular complexity index is 1400. The van der Waals surface area contributed by atoms with E-state index in [9.17, 15) is 9.59 Å². The van der Waals surface area contributed by atoms with Crippen molar-refractivity contribution in [2.75, 3.05) is 12.4 Å². The maximum absolute atomic E-state index is 13.4. The molecule has 2 atom stereocenters. The van der Waals surface area contributed by atoms with E-state index in [-0.39, 0.29) is 5.91 Å². The maximum atomic E-state index is 13.4. The average Bonchev–Trinajstić information content (AvgIpc) is 3.26. The summed E-state index contributed by atoms with van der Waals surface area (Å²) in [6.07, 6.45) is -0.935. The number of hydrogen-bond acceptors (Lipinski definition) is 5. The van der Waals surface area contributed by atoms with Crippen molar-refractivity contribution >= 4 is 22.6 Å². The second kappa shape index (κ2) is 8.71. The van der Waals surface area contributed by atoms with Gasteiger partial charge in [-0.3, -0.25) is 4.79 Å². The Morgan fingerprint density at radius 1 is 0.971 bits per heavy atom. The lowest BCUT2D eigenvalue weighted by molar-refractivity contribution is -0.122. The van der Waals surface area contributed by atoms with Gasteiger partial charge in [-0.1, -0.05) is 50.2 Å². The van der Waals surface area contributed by atoms with E-state index >= 15 is 0 Å². The number of nitrogens with one attached hydrogen (secondary N) is 1. The van der Waals surface area contributed by atoms with E-state index in [1.807, 2.05) is 36.4 Å². The molecule has 0 unspecified atom stereocenters. The lowest BCUT2D eigenvalue weighted by atomic mass is 9.87. The van der Waals surface area contributed by atoms with E-state index in [1.54, 1.807) is 43.5 Å². The Kier molecular flexibility index (Phi) is 5.57. The van der Waals surface area contributed by atoms with Crippen LogP contribution in [0.1, 0.15) is 42.4 Å². The van der Waals surface area contributed by atoms with Gasteiger partial charge in [0.1, 0.15) is 17.1 Å². The molecule has 0 spiro atoms. The summed E-state index contributed by atoms with van der Waals surface area (Å²) in [6.45, 7) is 4.24. The number of methoxy groups -OCH3 is 1. The van der Waals surface area contributed by atoms with Crippen LogP contribution in [0.4, 0.5) is 5.69 Å². The third-order valence-corrected chi connectivity index (χ3v) is 6.24. The van der Waals surface area contributed by atoms with Gasteiger partial charge in [0.2, 0.25) is 0 Å². The molecule has 0 saturated carbocycles. The van der Waals surface area contributed by atoms with Gasteiger partial charge >= 0.3 is 5.63 Å². The van der Waals surface area contributed by atoms with Gasteiger partial charge in [-0.2, -0.15) is 0 Å². The molecule has 0 saturated heterocycles. The summed E-state index contributed by atoms with van der Waals surface area (Å²) in [5.74, 6) is 0.511. The normalized spacial score (nSPS) is 16.8. The van der Waals surface area contributed by atoms with Crippen molar-refractivity contribution in [3.63, 3.8) is 0 Å². The minimum Gasteiger partial charge on any atom is -0.497 e. The van der Waals surface area contributed by atoms with Gasteiger partial charge in [-0.05, 0) is 53.4 Å². The SMILES string of the molecule is COc1ccc(NC(=O)[C@@H]2Oc3c(c(=O)oc4ccccc34)[C@H]2c2ccc(C(C)C)cc2)cc1. The van der Waals surface area contributed by atoms with Crippen LogP contribution in [0.15, 0.2) is 82.0 Å². The highest BCUT2D eigenvalue weighted by Gasteiger charge is 2.44. The molecule has 5 rings (SSSR count). The number of carbonyl (C=O) groups excluding carboxylic acids is 1. The van der Waals surface area contributed by atoms with Gasteiger partial charge in [-0.25, -0.2) is 4.79 Å². The van der Waals surface area contributed by atoms with E-state index < -0.39 is 17.6 Å². The molecule has 1 aliphatic heterocycles. The van der Waals surface area contributed by atoms with Crippen molar-refractivity contribution in [2.24, 2.45) is 0 Å². The third-order valence-electron chi connectivity index (χ3n) is 6.24. The first-order valence-electron chi connectivity index (χ1n) is 11.2. The summed E-state index contributed by atoms with van der Waals surface area (Å²) in [5, 5.41) is 3.58. The summed E-state index contributed by atoms with van der Waals surface area (Å²) in [6, 6.07) is 22.2. The first-order chi connectivity index (χ1) is 16.5. The van der Waals surface area contributed by atoms with Crippen molar-refractivity contribution in [1.82, 2.24) is 0 Å². The van der Waals surface area contributed by atoms with Crippen molar-refractivity contribution in [3.05, 3.63) is 99.9 Å². The second-order valence-electron chi connectivity index (χ2n) is 8.68. The smallest absolute Gasteiger partial charge is 0.344 e. The fourth-order valence-corrected chi connectivity index (χ4v) is 4.40. The van der Waals surface area contributed by atoms with Gasteiger partial charge in [0, 0.05) is 5.69 Å². The molecule has 1 N–H and O–H groups in total. The van der Waals surface area contributed by atoms with E-state index in [4.69, 9.17) is 13.9 Å². The van der Waals surface area contributed by atoms with Crippen LogP contribution < -0.4 is 20.4 Å². The highest BCUT2D eigenvalue weighted by Crippen LogP contribution is 2.44. The van der Waals surface area contributed by atoms with E-state index in [0.29, 0.717) is 39.6 Å². The van der Waals surface area contributed by atoms with Gasteiger partial charge < -0.3 is 19.2 Å². The Labute approximate surface area is 197 Å². The largest absolute Gasteiger partial charge is 0.497 e. The van der Waals surface area contributed by atoms with Crippen molar-refractivity contribution in [2.45, 2.75) is 31.8 Å². The number of benzene rings is 3. The first-order valence-corrected chi connectivity index (χ1v) is 11.2. The van der Waals surface area contributed by atoms with E-state index in [2.05, 4.69) is 19.2 Å². The Balaban J connectivity index is 1.59. The molecule has 6 nitrogen and oxygen atoms in total. The summed E-state index contributed by atoms with van der Waals surface area (Å²) >= 11 is 0. The van der Waals surface area contributed by atoms with Crippen molar-refractivity contribution in [1.29, 1.82) is 0 Å². The molecular weight excluding hydrogens is 430 g/mol. The molecule has 34 heavy (non-hydrogen) atoms. The van der Waals surface area contributed by atoms with E-state index in [0.717, 1.165) is 5.56 Å². The lowest BCUT2D eigenvalue weighted by Crippen LogP contribution is -2.35. The molecule has 6 heteroatoms. The van der Waals surface area contributed by atoms with Gasteiger partial charge in [0.25, 0.3) is 5.91 Å². The zero-order valence-corrected chi connectivity index (χ0v) is 19.2. The second-order valence-corrected chi connectivity index (χ2v) is 8.68. The molecule has 3 aromatic carbocycles. The van der Waals surface area contributed by atoms with Gasteiger partial charge in [0.05, 0.1) is 24.0 Å². The maximum Gasteiger partial charge on any atom is 0.344 e. The number of anilines is 1. The monoisotopic (exact) mass is 455 g/mol. The molecular formula is C28H25NO5. The van der Waals surface area contributed by atoms with Crippen LogP contribution in [-0.2, 0) is 4.79 Å². The zero-order chi connectivity index (χ0) is 23.8. The number of para-hydroxylation sites is 1. The minimum atomic E-state index is -0.935. The van der Waals surface area contributed by atoms with Crippen LogP contribution in [0.5, 0.6) is 11.5 Å². The molecule has 172 valence electrons. The fraction of sp³-hybridized carbons (Fsp3) is 0.214. The van der Waals surface area contributed by atoms with Crippen LogP contribution in [0.3, 0.4) is 0 Å². The van der Waals surface area contributed by atoms with Gasteiger partial charge in [0.15, 0.2) is 6.10 Å². The predicted molar refractivity (Wildman–Crippen MR) is 131 cm³/mol. The van der Waals surface area contributed by atoms with Crippen LogP contribution in [-0.4, -0.2) is 19.1 Å². The number of amides is 1. The molecule has 0 radical (unpaired) electrons. The van der Waals surface area contributed by atoms with E-state index in [1.165, 1.54) is 5.56 Å². The Morgan fingerprint density at radius 3 is 2.35 bits per heavy atom. The number of fused-ring (bicyclic) bond motifs is 3. The lowest BCUT2D eigenvalue weighted by Gasteiger charge is -2.19. The molecule has 1 amide bonds. The Hall–Kier alpha value is -4.06. The molecule has 1 aliphatic rings. The third kappa shape index (κ3) is 3.81. The molecule has 0 fully saturated rings. The summed E-state index contributed by atoms with van der Waals surface area (Å²) in [7, 11) is 1.59. The first kappa shape index (κ1) is 21.8. The average molecular weight is 456 g/mol. The summed E-state index contributed by atoms with van der Waals surface area (Å²) in [4.78, 5) is 26.5. The summed E-state index contributed by atoms with van der Waals surface area (Å²) in [5.41, 5.74) is 2.90. The molecule has 0 bridgehead atoms. The number of ether oxygens (including phenoxy) is 2. The topological polar surface area (TPSA) is 77.8 Å². The number of carbonyl (C=O) groups is 1. The standard InChI is InChI=1S/C28H25NO5/c1-16(2)17-8-10-18(11-9-17)23-24-25(21-6-4-5-7-22(21)33-28(24)31)34-26(23)27(30)29-19-12-14-20(32-3)15-13-19/h4-16,23,26H,1-3H3,(H,29,30)/t23-,26-/m1/s1.